The van der Waals surface area contributed by atoms with Crippen LogP contribution in [0.4, 0.5) is 0 Å². The van der Waals surface area contributed by atoms with E-state index in [9.17, 15) is 14.3 Å². The van der Waals surface area contributed by atoms with Crippen LogP contribution in [0.15, 0.2) is 0 Å². The smallest absolute Gasteiger partial charge is 0.240 e. The van der Waals surface area contributed by atoms with Gasteiger partial charge in [0, 0.05) is 28.9 Å². The minimum atomic E-state index is -0.861. The molecule has 0 aromatic rings. The van der Waals surface area contributed by atoms with Gasteiger partial charge in [0.2, 0.25) is 5.91 Å². The molecule has 0 aromatic heterocycles. The number of nitrogens with one attached hydrogen (secondary N) is 1. The maximum atomic E-state index is 12.2. The van der Waals surface area contributed by atoms with Crippen LogP contribution < -0.4 is 5.32 Å². The molecule has 0 aromatic carbocycles. The van der Waals surface area contributed by atoms with E-state index in [1.807, 2.05) is 6.92 Å². The van der Waals surface area contributed by atoms with Gasteiger partial charge < -0.3 is 5.32 Å². The molecule has 0 bridgehead atoms. The van der Waals surface area contributed by atoms with Crippen LogP contribution in [0.25, 0.3) is 0 Å². The predicted molar refractivity (Wildman–Crippen MR) is 76.9 cm³/mol. The number of rotatable bonds is 5. The zero-order valence-electron chi connectivity index (χ0n) is 11.9. The van der Waals surface area contributed by atoms with Gasteiger partial charge in [0.25, 0.3) is 0 Å². The van der Waals surface area contributed by atoms with Crippen LogP contribution >= 0.6 is 0 Å². The van der Waals surface area contributed by atoms with Gasteiger partial charge in [-0.1, -0.05) is 32.6 Å². The molecule has 1 aliphatic carbocycles. The maximum absolute atomic E-state index is 12.2. The molecule has 2 atom stereocenters. The molecule has 108 valence electrons. The number of carbonyl (C=O) groups is 1. The lowest BCUT2D eigenvalue weighted by Gasteiger charge is -2.23. The summed E-state index contributed by atoms with van der Waals surface area (Å²) in [6, 6.07) is 2.25. The predicted octanol–water partition coefficient (Wildman–Crippen LogP) is 2.12. The van der Waals surface area contributed by atoms with Crippen LogP contribution in [0.1, 0.15) is 51.9 Å². The summed E-state index contributed by atoms with van der Waals surface area (Å²) in [6.07, 6.45) is 7.85. The maximum Gasteiger partial charge on any atom is 0.240 e. The van der Waals surface area contributed by atoms with Crippen LogP contribution in [0.3, 0.4) is 0 Å². The highest BCUT2D eigenvalue weighted by Crippen LogP contribution is 2.34. The molecule has 1 fully saturated rings. The molecule has 1 saturated carbocycles. The molecular formula is C14H24N2O2S. The van der Waals surface area contributed by atoms with Gasteiger partial charge in [-0.25, -0.2) is 0 Å². The van der Waals surface area contributed by atoms with Gasteiger partial charge in [-0.3, -0.25) is 9.00 Å². The van der Waals surface area contributed by atoms with E-state index in [1.54, 1.807) is 6.26 Å². The fourth-order valence-electron chi connectivity index (χ4n) is 2.45. The summed E-state index contributed by atoms with van der Waals surface area (Å²) >= 11 is 0. The zero-order valence-corrected chi connectivity index (χ0v) is 12.7. The molecule has 1 amide bonds. The van der Waals surface area contributed by atoms with Crippen LogP contribution in [0.2, 0.25) is 0 Å². The molecule has 0 aliphatic heterocycles. The molecule has 0 radical (unpaired) electrons. The Kier molecular flexibility index (Phi) is 6.50. The molecule has 5 heteroatoms. The third kappa shape index (κ3) is 4.61. The number of nitrogens with zero attached hydrogens (tertiary/aromatic N) is 1. The molecule has 0 spiro atoms. The lowest BCUT2D eigenvalue weighted by molar-refractivity contribution is -0.128. The summed E-state index contributed by atoms with van der Waals surface area (Å²) in [5.41, 5.74) is -0.828. The Morgan fingerprint density at radius 1 is 1.37 bits per heavy atom. The average molecular weight is 284 g/mol. The van der Waals surface area contributed by atoms with Crippen LogP contribution in [-0.2, 0) is 15.6 Å². The fourth-order valence-corrected chi connectivity index (χ4v) is 2.90. The van der Waals surface area contributed by atoms with E-state index in [-0.39, 0.29) is 11.2 Å². The first-order valence-electron chi connectivity index (χ1n) is 7.03. The second-order valence-corrected chi connectivity index (χ2v) is 7.26. The van der Waals surface area contributed by atoms with Crippen LogP contribution in [-0.4, -0.2) is 28.2 Å². The molecule has 4 nitrogen and oxygen atoms in total. The van der Waals surface area contributed by atoms with Crippen molar-refractivity contribution < 1.29 is 9.00 Å². The molecular weight excluding hydrogens is 260 g/mol. The summed E-state index contributed by atoms with van der Waals surface area (Å²) in [7, 11) is -0.861. The molecule has 2 unspecified atom stereocenters. The number of hydrogen-bond donors (Lipinski definition) is 1. The standard InChI is InChI=1S/C14H24N2O2S/c1-12(19(2)18)7-10-16-13(17)14(11-15)8-5-3-4-6-9-14/h12H,3-10H2,1-2H3,(H,16,17). The van der Waals surface area contributed by atoms with Crippen molar-refractivity contribution in [2.75, 3.05) is 12.8 Å². The van der Waals surface area contributed by atoms with Gasteiger partial charge >= 0.3 is 0 Å². The average Bonchev–Trinajstić information content (AvgIpc) is 2.64. The number of amides is 1. The Morgan fingerprint density at radius 2 is 1.95 bits per heavy atom. The van der Waals surface area contributed by atoms with Crippen molar-refractivity contribution in [3.63, 3.8) is 0 Å². The minimum Gasteiger partial charge on any atom is -0.355 e. The third-order valence-corrected chi connectivity index (χ3v) is 5.38. The van der Waals surface area contributed by atoms with Crippen LogP contribution in [0.5, 0.6) is 0 Å². The first-order valence-corrected chi connectivity index (χ1v) is 8.66. The molecule has 0 saturated heterocycles. The third-order valence-electron chi connectivity index (χ3n) is 4.01. The normalized spacial score (nSPS) is 21.7. The molecule has 0 heterocycles. The summed E-state index contributed by atoms with van der Waals surface area (Å²) in [6.45, 7) is 2.41. The highest BCUT2D eigenvalue weighted by molar-refractivity contribution is 7.84. The highest BCUT2D eigenvalue weighted by Gasteiger charge is 2.38. The number of nitriles is 1. The Hall–Kier alpha value is -0.890. The minimum absolute atomic E-state index is 0.0764. The quantitative estimate of drug-likeness (QED) is 0.786. The number of hydrogen-bond acceptors (Lipinski definition) is 3. The van der Waals surface area contributed by atoms with Crippen molar-refractivity contribution in [3.05, 3.63) is 0 Å². The van der Waals surface area contributed by atoms with E-state index in [1.165, 1.54) is 0 Å². The first kappa shape index (κ1) is 16.2. The van der Waals surface area contributed by atoms with E-state index < -0.39 is 16.2 Å². The fraction of sp³-hybridized carbons (Fsp3) is 0.857. The molecule has 19 heavy (non-hydrogen) atoms. The summed E-state index contributed by atoms with van der Waals surface area (Å²) in [5.74, 6) is -0.133. The van der Waals surface area contributed by atoms with E-state index >= 15 is 0 Å². The van der Waals surface area contributed by atoms with Crippen molar-refractivity contribution in [2.45, 2.75) is 57.1 Å². The van der Waals surface area contributed by atoms with Gasteiger partial charge in [0.1, 0.15) is 5.41 Å². The Labute approximate surface area is 118 Å². The van der Waals surface area contributed by atoms with E-state index in [4.69, 9.17) is 0 Å². The zero-order chi connectivity index (χ0) is 14.3. The lowest BCUT2D eigenvalue weighted by Crippen LogP contribution is -2.41. The van der Waals surface area contributed by atoms with E-state index in [0.717, 1.165) is 25.7 Å². The van der Waals surface area contributed by atoms with Crippen molar-refractivity contribution in [1.82, 2.24) is 5.32 Å². The van der Waals surface area contributed by atoms with Crippen molar-refractivity contribution in [2.24, 2.45) is 5.41 Å². The summed E-state index contributed by atoms with van der Waals surface area (Å²) in [4.78, 5) is 12.2. The SMILES string of the molecule is CC(CCNC(=O)C1(C#N)CCCCCC1)S(C)=O. The number of carbonyl (C=O) groups excluding carboxylic acids is 1. The molecule has 1 N–H and O–H groups in total. The topological polar surface area (TPSA) is 70.0 Å². The molecule has 1 aliphatic rings. The Morgan fingerprint density at radius 3 is 2.42 bits per heavy atom. The van der Waals surface area contributed by atoms with E-state index in [2.05, 4.69) is 11.4 Å². The lowest BCUT2D eigenvalue weighted by atomic mass is 9.81. The first-order chi connectivity index (χ1) is 9.02. The largest absolute Gasteiger partial charge is 0.355 e. The Balaban J connectivity index is 2.50. The van der Waals surface area contributed by atoms with Crippen molar-refractivity contribution in [3.8, 4) is 6.07 Å². The van der Waals surface area contributed by atoms with Gasteiger partial charge in [-0.05, 0) is 19.3 Å². The van der Waals surface area contributed by atoms with Gasteiger partial charge in [0.15, 0.2) is 0 Å². The van der Waals surface area contributed by atoms with Gasteiger partial charge in [-0.15, -0.1) is 0 Å². The summed E-state index contributed by atoms with van der Waals surface area (Å²) in [5, 5.41) is 12.3. The van der Waals surface area contributed by atoms with Gasteiger partial charge in [0.05, 0.1) is 6.07 Å². The van der Waals surface area contributed by atoms with Gasteiger partial charge in [-0.2, -0.15) is 5.26 Å². The van der Waals surface area contributed by atoms with Crippen LogP contribution in [0, 0.1) is 16.7 Å². The second kappa shape index (κ2) is 7.64. The Bertz CT molecular complexity index is 368. The second-order valence-electron chi connectivity index (χ2n) is 5.46. The van der Waals surface area contributed by atoms with E-state index in [0.29, 0.717) is 25.8 Å². The monoisotopic (exact) mass is 284 g/mol. The van der Waals surface area contributed by atoms with Crippen molar-refractivity contribution in [1.29, 1.82) is 5.26 Å². The summed E-state index contributed by atoms with van der Waals surface area (Å²) < 4.78 is 11.2. The molecule has 1 rings (SSSR count). The highest BCUT2D eigenvalue weighted by atomic mass is 32.2. The van der Waals surface area contributed by atoms with Crippen molar-refractivity contribution >= 4 is 16.7 Å².